The van der Waals surface area contributed by atoms with Gasteiger partial charge in [-0.2, -0.15) is 0 Å². The van der Waals surface area contributed by atoms with Crippen LogP contribution in [0.3, 0.4) is 0 Å². The Balaban J connectivity index is 3.09. The molecule has 0 aromatic carbocycles. The molecule has 0 aliphatic heterocycles. The molecule has 0 spiro atoms. The quantitative estimate of drug-likeness (QED) is 0.501. The highest BCUT2D eigenvalue weighted by atomic mass is 16.2. The van der Waals surface area contributed by atoms with Crippen molar-refractivity contribution in [3.05, 3.63) is 0 Å². The summed E-state index contributed by atoms with van der Waals surface area (Å²) >= 11 is 0. The third-order valence-electron chi connectivity index (χ3n) is 2.34. The average molecular weight is 229 g/mol. The van der Waals surface area contributed by atoms with E-state index in [4.69, 9.17) is 0 Å². The van der Waals surface area contributed by atoms with Crippen LogP contribution in [0.5, 0.6) is 0 Å². The van der Waals surface area contributed by atoms with E-state index in [0.29, 0.717) is 0 Å². The predicted octanol–water partition coefficient (Wildman–Crippen LogP) is 1.87. The molecule has 0 saturated heterocycles. The topological polar surface area (TPSA) is 53.2 Å². The summed E-state index contributed by atoms with van der Waals surface area (Å²) in [5.74, 6) is 0. The number of carbonyl (C=O) groups is 1. The molecule has 0 aromatic heterocycles. The lowest BCUT2D eigenvalue weighted by Gasteiger charge is -2.07. The van der Waals surface area contributed by atoms with E-state index < -0.39 is 0 Å². The summed E-state index contributed by atoms with van der Waals surface area (Å²) < 4.78 is 0. The van der Waals surface area contributed by atoms with Crippen LogP contribution in [-0.4, -0.2) is 32.2 Å². The molecular weight excluding hydrogens is 202 g/mol. The number of rotatable bonds is 10. The molecule has 3 N–H and O–H groups in total. The first kappa shape index (κ1) is 15.2. The zero-order valence-corrected chi connectivity index (χ0v) is 10.8. The van der Waals surface area contributed by atoms with Crippen LogP contribution in [0.1, 0.15) is 46.0 Å². The Morgan fingerprint density at radius 1 is 0.812 bits per heavy atom. The molecule has 16 heavy (non-hydrogen) atoms. The summed E-state index contributed by atoms with van der Waals surface area (Å²) in [7, 11) is 0. The molecule has 0 rings (SSSR count). The molecule has 0 unspecified atom stereocenters. The lowest BCUT2D eigenvalue weighted by molar-refractivity contribution is 0.240. The van der Waals surface area contributed by atoms with Crippen LogP contribution < -0.4 is 16.0 Å². The van der Waals surface area contributed by atoms with E-state index in [1.54, 1.807) is 0 Å². The highest BCUT2D eigenvalue weighted by Crippen LogP contribution is 1.83. The first-order valence-corrected chi connectivity index (χ1v) is 6.53. The first-order valence-electron chi connectivity index (χ1n) is 6.53. The van der Waals surface area contributed by atoms with Crippen molar-refractivity contribution in [3.8, 4) is 0 Å². The van der Waals surface area contributed by atoms with Crippen molar-refractivity contribution in [1.82, 2.24) is 16.0 Å². The van der Waals surface area contributed by atoms with Gasteiger partial charge in [-0.3, -0.25) is 0 Å². The molecule has 0 aliphatic rings. The second-order valence-electron chi connectivity index (χ2n) is 3.99. The van der Waals surface area contributed by atoms with Crippen LogP contribution in [0.25, 0.3) is 0 Å². The van der Waals surface area contributed by atoms with Gasteiger partial charge < -0.3 is 16.0 Å². The fourth-order valence-corrected chi connectivity index (χ4v) is 1.28. The Kier molecular flexibility index (Phi) is 11.7. The van der Waals surface area contributed by atoms with Crippen LogP contribution in [0.15, 0.2) is 0 Å². The summed E-state index contributed by atoms with van der Waals surface area (Å²) in [6.07, 6.45) is 5.61. The van der Waals surface area contributed by atoms with Gasteiger partial charge in [0.2, 0.25) is 0 Å². The molecule has 0 saturated carbocycles. The van der Waals surface area contributed by atoms with Gasteiger partial charge in [-0.05, 0) is 32.4 Å². The number of unbranched alkanes of at least 4 members (excludes halogenated alkanes) is 2. The summed E-state index contributed by atoms with van der Waals surface area (Å²) in [6, 6.07) is -0.0398. The van der Waals surface area contributed by atoms with Crippen molar-refractivity contribution >= 4 is 6.03 Å². The Morgan fingerprint density at radius 2 is 1.31 bits per heavy atom. The molecule has 0 aliphatic carbocycles. The summed E-state index contributed by atoms with van der Waals surface area (Å²) in [5, 5.41) is 9.01. The van der Waals surface area contributed by atoms with Gasteiger partial charge in [0.1, 0.15) is 0 Å². The Hall–Kier alpha value is -0.770. The fourth-order valence-electron chi connectivity index (χ4n) is 1.28. The van der Waals surface area contributed by atoms with E-state index >= 15 is 0 Å². The summed E-state index contributed by atoms with van der Waals surface area (Å²) in [6.45, 7) is 7.88. The zero-order valence-electron chi connectivity index (χ0n) is 10.8. The van der Waals surface area contributed by atoms with Crippen molar-refractivity contribution in [2.45, 2.75) is 46.0 Å². The number of amides is 2. The molecule has 0 bridgehead atoms. The van der Waals surface area contributed by atoms with E-state index in [0.717, 1.165) is 45.4 Å². The average Bonchev–Trinajstić information content (AvgIpc) is 2.28. The number of nitrogens with one attached hydrogen (secondary N) is 3. The second-order valence-corrected chi connectivity index (χ2v) is 3.99. The normalized spacial score (nSPS) is 10.1. The maximum Gasteiger partial charge on any atom is 0.314 e. The molecule has 0 fully saturated rings. The smallest absolute Gasteiger partial charge is 0.314 e. The van der Waals surface area contributed by atoms with Crippen LogP contribution in [0, 0.1) is 0 Å². The van der Waals surface area contributed by atoms with E-state index in [9.17, 15) is 4.79 Å². The number of carbonyl (C=O) groups excluding carboxylic acids is 1. The van der Waals surface area contributed by atoms with E-state index in [1.807, 2.05) is 0 Å². The minimum Gasteiger partial charge on any atom is -0.338 e. The second kappa shape index (κ2) is 12.3. The van der Waals surface area contributed by atoms with Crippen molar-refractivity contribution in [2.75, 3.05) is 26.2 Å². The van der Waals surface area contributed by atoms with Crippen molar-refractivity contribution in [1.29, 1.82) is 0 Å². The predicted molar refractivity (Wildman–Crippen MR) is 68.7 cm³/mol. The molecule has 4 heteroatoms. The zero-order chi connectivity index (χ0) is 12.1. The molecule has 0 aromatic rings. The highest BCUT2D eigenvalue weighted by Gasteiger charge is 1.96. The van der Waals surface area contributed by atoms with E-state index in [2.05, 4.69) is 29.8 Å². The minimum absolute atomic E-state index is 0.0398. The summed E-state index contributed by atoms with van der Waals surface area (Å²) in [5.41, 5.74) is 0. The number of hydrogen-bond acceptors (Lipinski definition) is 2. The molecular formula is C12H27N3O. The van der Waals surface area contributed by atoms with Crippen LogP contribution >= 0.6 is 0 Å². The molecule has 96 valence electrons. The first-order chi connectivity index (χ1) is 7.81. The van der Waals surface area contributed by atoms with E-state index in [-0.39, 0.29) is 6.03 Å². The lowest BCUT2D eigenvalue weighted by atomic mass is 10.3. The SMILES string of the molecule is CCCCNCCCNC(=O)NCCCC. The van der Waals surface area contributed by atoms with Crippen molar-refractivity contribution in [3.63, 3.8) is 0 Å². The van der Waals surface area contributed by atoms with Crippen LogP contribution in [0.4, 0.5) is 4.79 Å². The van der Waals surface area contributed by atoms with Gasteiger partial charge in [0.25, 0.3) is 0 Å². The molecule has 2 amide bonds. The molecule has 4 nitrogen and oxygen atoms in total. The van der Waals surface area contributed by atoms with Gasteiger partial charge >= 0.3 is 6.03 Å². The maximum atomic E-state index is 11.2. The Bertz CT molecular complexity index is 162. The minimum atomic E-state index is -0.0398. The molecule has 0 radical (unpaired) electrons. The molecule has 0 atom stereocenters. The van der Waals surface area contributed by atoms with Gasteiger partial charge in [-0.1, -0.05) is 26.7 Å². The van der Waals surface area contributed by atoms with Crippen LogP contribution in [-0.2, 0) is 0 Å². The highest BCUT2D eigenvalue weighted by molar-refractivity contribution is 5.73. The van der Waals surface area contributed by atoms with Crippen LogP contribution in [0.2, 0.25) is 0 Å². The van der Waals surface area contributed by atoms with Crippen molar-refractivity contribution < 1.29 is 4.79 Å². The van der Waals surface area contributed by atoms with Gasteiger partial charge in [0.15, 0.2) is 0 Å². The number of urea groups is 1. The van der Waals surface area contributed by atoms with Gasteiger partial charge in [-0.25, -0.2) is 4.79 Å². The maximum absolute atomic E-state index is 11.2. The van der Waals surface area contributed by atoms with Gasteiger partial charge in [-0.15, -0.1) is 0 Å². The number of hydrogen-bond donors (Lipinski definition) is 3. The van der Waals surface area contributed by atoms with Gasteiger partial charge in [0.05, 0.1) is 0 Å². The Labute approximate surface area is 99.6 Å². The standard InChI is InChI=1S/C12H27N3O/c1-3-5-8-13-9-7-11-15-12(16)14-10-6-4-2/h13H,3-11H2,1-2H3,(H2,14,15,16). The van der Waals surface area contributed by atoms with Crippen molar-refractivity contribution in [2.24, 2.45) is 0 Å². The van der Waals surface area contributed by atoms with Gasteiger partial charge in [0, 0.05) is 13.1 Å². The monoisotopic (exact) mass is 229 g/mol. The summed E-state index contributed by atoms with van der Waals surface area (Å²) in [4.78, 5) is 11.2. The lowest BCUT2D eigenvalue weighted by Crippen LogP contribution is -2.37. The van der Waals surface area contributed by atoms with E-state index in [1.165, 1.54) is 12.8 Å². The fraction of sp³-hybridized carbons (Fsp3) is 0.917. The Morgan fingerprint density at radius 3 is 1.94 bits per heavy atom. The third kappa shape index (κ3) is 11.3. The molecule has 0 heterocycles. The third-order valence-corrected chi connectivity index (χ3v) is 2.34. The largest absolute Gasteiger partial charge is 0.338 e.